The molecule has 1 unspecified atom stereocenters. The van der Waals surface area contributed by atoms with Crippen molar-refractivity contribution in [2.24, 2.45) is 5.92 Å². The van der Waals surface area contributed by atoms with Crippen LogP contribution in [-0.4, -0.2) is 50.3 Å². The van der Waals surface area contributed by atoms with Crippen molar-refractivity contribution >= 4 is 30.8 Å². The normalized spacial score (nSPS) is 22.1. The molecule has 4 N–H and O–H groups in total. The average molecular weight is 535 g/mol. The molecule has 1 aliphatic heterocycles. The first-order valence-electron chi connectivity index (χ1n) is 11.9. The smallest absolute Gasteiger partial charge is 0.459 e. The standard InChI is InChI=1S/C23H31N6O7P/c1-13(2)34-22(31)15(4)28-37(32,36-16-8-6-5-7-9-16)33-11-17-10-14(3)21(35-17)29-12-25-18-19(29)26-23(24)27-20(18)30/h5-9,12-15,17,21H,10-11H2,1-4H3,(H,28,32)(H3,24,26,27,30)/t14-,15-,17-,21+,37?/m0/s1. The van der Waals surface area contributed by atoms with Crippen LogP contribution in [0.1, 0.15) is 40.3 Å². The van der Waals surface area contributed by atoms with E-state index in [0.717, 1.165) is 0 Å². The first-order valence-corrected chi connectivity index (χ1v) is 13.4. The van der Waals surface area contributed by atoms with Gasteiger partial charge < -0.3 is 19.7 Å². The van der Waals surface area contributed by atoms with Crippen molar-refractivity contribution in [3.63, 3.8) is 0 Å². The number of anilines is 1. The summed E-state index contributed by atoms with van der Waals surface area (Å²) >= 11 is 0. The summed E-state index contributed by atoms with van der Waals surface area (Å²) in [4.78, 5) is 35.2. The van der Waals surface area contributed by atoms with E-state index >= 15 is 0 Å². The first-order chi connectivity index (χ1) is 17.5. The molecule has 200 valence electrons. The lowest BCUT2D eigenvalue weighted by Crippen LogP contribution is -2.36. The molecule has 0 spiro atoms. The molecule has 0 saturated carbocycles. The maximum Gasteiger partial charge on any atom is 0.459 e. The molecule has 4 rings (SSSR count). The summed E-state index contributed by atoms with van der Waals surface area (Å²) in [5.41, 5.74) is 5.72. The fraction of sp³-hybridized carbons (Fsp3) is 0.478. The van der Waals surface area contributed by atoms with Gasteiger partial charge in [0.25, 0.3) is 5.56 Å². The number of ether oxygens (including phenoxy) is 2. The lowest BCUT2D eigenvalue weighted by Gasteiger charge is -2.24. The van der Waals surface area contributed by atoms with E-state index in [0.29, 0.717) is 17.8 Å². The largest absolute Gasteiger partial charge is 0.462 e. The minimum Gasteiger partial charge on any atom is -0.462 e. The Labute approximate surface area is 213 Å². The van der Waals surface area contributed by atoms with Gasteiger partial charge in [-0.15, -0.1) is 0 Å². The molecule has 3 heterocycles. The van der Waals surface area contributed by atoms with Crippen LogP contribution in [0.5, 0.6) is 5.75 Å². The van der Waals surface area contributed by atoms with Gasteiger partial charge in [0.05, 0.1) is 25.1 Å². The Morgan fingerprint density at radius 3 is 2.76 bits per heavy atom. The van der Waals surface area contributed by atoms with Crippen molar-refractivity contribution < 1.29 is 27.9 Å². The number of carbonyl (C=O) groups excluding carboxylic acids is 1. The third-order valence-electron chi connectivity index (χ3n) is 5.63. The lowest BCUT2D eigenvalue weighted by molar-refractivity contribution is -0.149. The van der Waals surface area contributed by atoms with E-state index in [4.69, 9.17) is 24.3 Å². The Morgan fingerprint density at radius 2 is 2.05 bits per heavy atom. The summed E-state index contributed by atoms with van der Waals surface area (Å²) < 4.78 is 38.1. The van der Waals surface area contributed by atoms with E-state index in [2.05, 4.69) is 20.0 Å². The predicted octanol–water partition coefficient (Wildman–Crippen LogP) is 2.76. The van der Waals surface area contributed by atoms with Crippen LogP contribution < -0.4 is 20.9 Å². The number of aromatic nitrogens is 4. The van der Waals surface area contributed by atoms with Gasteiger partial charge in [-0.2, -0.15) is 10.1 Å². The molecule has 1 saturated heterocycles. The first kappa shape index (κ1) is 26.8. The number of nitrogens with two attached hydrogens (primary N) is 1. The number of esters is 1. The molecule has 13 nitrogen and oxygen atoms in total. The molecule has 0 aliphatic carbocycles. The highest BCUT2D eigenvalue weighted by Crippen LogP contribution is 2.46. The molecule has 1 fully saturated rings. The zero-order chi connectivity index (χ0) is 26.7. The zero-order valence-electron chi connectivity index (χ0n) is 21.0. The van der Waals surface area contributed by atoms with Crippen molar-refractivity contribution in [2.75, 3.05) is 12.3 Å². The SMILES string of the molecule is CC(C)OC(=O)[C@H](C)NP(=O)(OC[C@@H]1C[C@H](C)[C@H](n2cnc3c(=O)[nH]c(N)nc32)O1)Oc1ccccc1. The van der Waals surface area contributed by atoms with Crippen LogP contribution in [0.3, 0.4) is 0 Å². The second-order valence-electron chi connectivity index (χ2n) is 9.17. The third-order valence-corrected chi connectivity index (χ3v) is 7.28. The Hall–Kier alpha value is -3.25. The van der Waals surface area contributed by atoms with E-state index in [-0.39, 0.29) is 30.1 Å². The summed E-state index contributed by atoms with van der Waals surface area (Å²) in [7, 11) is -4.02. The topological polar surface area (TPSA) is 173 Å². The van der Waals surface area contributed by atoms with Gasteiger partial charge in [0.1, 0.15) is 18.0 Å². The van der Waals surface area contributed by atoms with Crippen LogP contribution in [0, 0.1) is 5.92 Å². The highest BCUT2D eigenvalue weighted by atomic mass is 31.2. The second-order valence-corrected chi connectivity index (χ2v) is 10.9. The quantitative estimate of drug-likeness (QED) is 0.258. The number of benzene rings is 1. The fourth-order valence-corrected chi connectivity index (χ4v) is 5.53. The number of aromatic amines is 1. The van der Waals surface area contributed by atoms with E-state index in [9.17, 15) is 14.2 Å². The van der Waals surface area contributed by atoms with Crippen molar-refractivity contribution in [1.29, 1.82) is 0 Å². The number of hydrogen-bond donors (Lipinski definition) is 3. The average Bonchev–Trinajstić information content (AvgIpc) is 3.41. The lowest BCUT2D eigenvalue weighted by atomic mass is 10.1. The number of nitrogens with zero attached hydrogens (tertiary/aromatic N) is 3. The van der Waals surface area contributed by atoms with Gasteiger partial charge in [0.15, 0.2) is 11.2 Å². The van der Waals surface area contributed by atoms with Crippen LogP contribution >= 0.6 is 7.75 Å². The Morgan fingerprint density at radius 1 is 1.32 bits per heavy atom. The van der Waals surface area contributed by atoms with E-state index in [1.165, 1.54) is 13.3 Å². The molecule has 1 aromatic carbocycles. The third kappa shape index (κ3) is 6.37. The Bertz CT molecular complexity index is 1340. The van der Waals surface area contributed by atoms with Crippen molar-refractivity contribution in [1.82, 2.24) is 24.6 Å². The highest BCUT2D eigenvalue weighted by molar-refractivity contribution is 7.52. The van der Waals surface area contributed by atoms with Crippen molar-refractivity contribution in [3.05, 3.63) is 47.0 Å². The molecule has 0 radical (unpaired) electrons. The predicted molar refractivity (Wildman–Crippen MR) is 135 cm³/mol. The number of hydrogen-bond acceptors (Lipinski definition) is 10. The van der Waals surface area contributed by atoms with E-state index < -0.39 is 37.6 Å². The minimum absolute atomic E-state index is 0.0179. The zero-order valence-corrected chi connectivity index (χ0v) is 21.9. The van der Waals surface area contributed by atoms with Gasteiger partial charge in [-0.25, -0.2) is 9.55 Å². The number of rotatable bonds is 10. The summed E-state index contributed by atoms with van der Waals surface area (Å²) in [5, 5.41) is 2.66. The number of carbonyl (C=O) groups is 1. The molecule has 0 amide bonds. The summed E-state index contributed by atoms with van der Waals surface area (Å²) in [6.07, 6.45) is 0.721. The molecule has 2 aromatic heterocycles. The van der Waals surface area contributed by atoms with E-state index in [1.54, 1.807) is 48.7 Å². The number of H-pyrrole nitrogens is 1. The van der Waals surface area contributed by atoms with Crippen LogP contribution in [0.25, 0.3) is 11.2 Å². The Balaban J connectivity index is 1.48. The van der Waals surface area contributed by atoms with Crippen LogP contribution in [0.2, 0.25) is 0 Å². The van der Waals surface area contributed by atoms with Gasteiger partial charge in [0, 0.05) is 5.92 Å². The monoisotopic (exact) mass is 534 g/mol. The fourth-order valence-electron chi connectivity index (χ4n) is 4.01. The molecule has 5 atom stereocenters. The number of para-hydroxylation sites is 1. The molecule has 3 aromatic rings. The van der Waals surface area contributed by atoms with Crippen LogP contribution in [0.15, 0.2) is 41.5 Å². The molecular weight excluding hydrogens is 503 g/mol. The number of imidazole rings is 1. The summed E-state index contributed by atoms with van der Waals surface area (Å²) in [6.45, 7) is 6.84. The maximum atomic E-state index is 13.7. The minimum atomic E-state index is -4.02. The summed E-state index contributed by atoms with van der Waals surface area (Å²) in [6, 6.07) is 7.54. The van der Waals surface area contributed by atoms with Gasteiger partial charge in [-0.1, -0.05) is 25.1 Å². The highest BCUT2D eigenvalue weighted by Gasteiger charge is 2.38. The van der Waals surface area contributed by atoms with Crippen molar-refractivity contribution in [3.8, 4) is 5.75 Å². The number of nitrogens with one attached hydrogen (secondary N) is 2. The molecule has 37 heavy (non-hydrogen) atoms. The van der Waals surface area contributed by atoms with Gasteiger partial charge in [-0.3, -0.25) is 23.7 Å². The maximum absolute atomic E-state index is 13.7. The van der Waals surface area contributed by atoms with E-state index in [1.807, 2.05) is 6.92 Å². The second kappa shape index (κ2) is 11.0. The van der Waals surface area contributed by atoms with Gasteiger partial charge in [0.2, 0.25) is 5.95 Å². The van der Waals surface area contributed by atoms with Gasteiger partial charge >= 0.3 is 13.7 Å². The molecule has 14 heteroatoms. The Kier molecular flexibility index (Phi) is 7.98. The molecule has 1 aliphatic rings. The van der Waals surface area contributed by atoms with Crippen LogP contribution in [-0.2, 0) is 23.4 Å². The molecular formula is C23H31N6O7P. The molecule has 0 bridgehead atoms. The number of fused-ring (bicyclic) bond motifs is 1. The van der Waals surface area contributed by atoms with Gasteiger partial charge in [-0.05, 0) is 39.3 Å². The summed E-state index contributed by atoms with van der Waals surface area (Å²) in [5.74, 6) is -0.328. The van der Waals surface area contributed by atoms with Crippen LogP contribution in [0.4, 0.5) is 5.95 Å². The number of nitrogen functional groups attached to an aromatic ring is 1. The van der Waals surface area contributed by atoms with Crippen molar-refractivity contribution in [2.45, 2.75) is 58.6 Å².